The topological polar surface area (TPSA) is 77.3 Å². The molecule has 1 aromatic carbocycles. The van der Waals surface area contributed by atoms with Crippen molar-refractivity contribution in [2.24, 2.45) is 4.99 Å². The second kappa shape index (κ2) is 5.54. The molecule has 0 atom stereocenters. The molecule has 2 amide bonds. The summed E-state index contributed by atoms with van der Waals surface area (Å²) < 4.78 is 0. The lowest BCUT2D eigenvalue weighted by Gasteiger charge is -2.04. The van der Waals surface area contributed by atoms with E-state index >= 15 is 0 Å². The maximum absolute atomic E-state index is 11.3. The van der Waals surface area contributed by atoms with Crippen LogP contribution >= 0.6 is 0 Å². The summed E-state index contributed by atoms with van der Waals surface area (Å²) in [5, 5.41) is 12.0. The first-order valence-corrected chi connectivity index (χ1v) is 4.42. The van der Waals surface area contributed by atoms with Gasteiger partial charge in [0.05, 0.1) is 0 Å². The number of carbonyl (C=O) groups is 1. The first-order chi connectivity index (χ1) is 7.22. The first kappa shape index (κ1) is 10.9. The van der Waals surface area contributed by atoms with Crippen LogP contribution in [0.4, 0.5) is 10.5 Å². The third kappa shape index (κ3) is 4.04. The number of anilines is 1. The smallest absolute Gasteiger partial charge is 0.308 e. The fourth-order valence-electron chi connectivity index (χ4n) is 0.953. The van der Waals surface area contributed by atoms with E-state index in [0.717, 1.165) is 0 Å². The summed E-state index contributed by atoms with van der Waals surface area (Å²) in [4.78, 5) is 14.9. The van der Waals surface area contributed by atoms with Gasteiger partial charge in [0.2, 0.25) is 5.96 Å². The SMILES string of the molecule is CC=NC(=N)NC(=O)Nc1ccccc1. The number of benzene rings is 1. The molecule has 0 unspecified atom stereocenters. The van der Waals surface area contributed by atoms with Crippen LogP contribution < -0.4 is 10.6 Å². The van der Waals surface area contributed by atoms with Crippen LogP contribution in [0.5, 0.6) is 0 Å². The van der Waals surface area contributed by atoms with Crippen LogP contribution in [0, 0.1) is 5.41 Å². The van der Waals surface area contributed by atoms with E-state index in [0.29, 0.717) is 5.69 Å². The van der Waals surface area contributed by atoms with Gasteiger partial charge in [-0.15, -0.1) is 0 Å². The standard InChI is InChI=1S/C10H12N4O/c1-2-12-9(11)14-10(15)13-8-6-4-3-5-7-8/h2-7H,1H3,(H3,11,13,14,15). The Morgan fingerprint density at radius 2 is 2.07 bits per heavy atom. The van der Waals surface area contributed by atoms with Gasteiger partial charge in [0.25, 0.3) is 0 Å². The molecule has 0 aliphatic heterocycles. The number of rotatable bonds is 1. The number of guanidine groups is 1. The zero-order chi connectivity index (χ0) is 11.1. The Hall–Kier alpha value is -2.17. The summed E-state index contributed by atoms with van der Waals surface area (Å²) in [6, 6.07) is 8.51. The molecular weight excluding hydrogens is 192 g/mol. The fraction of sp³-hybridized carbons (Fsp3) is 0.100. The number of hydrogen-bond donors (Lipinski definition) is 3. The average molecular weight is 204 g/mol. The van der Waals surface area contributed by atoms with Crippen molar-refractivity contribution < 1.29 is 4.79 Å². The first-order valence-electron chi connectivity index (χ1n) is 4.42. The number of urea groups is 1. The maximum atomic E-state index is 11.3. The number of amides is 2. The van der Waals surface area contributed by atoms with Gasteiger partial charge in [0, 0.05) is 11.9 Å². The van der Waals surface area contributed by atoms with Gasteiger partial charge < -0.3 is 5.32 Å². The quantitative estimate of drug-likeness (QED) is 0.473. The summed E-state index contributed by atoms with van der Waals surface area (Å²) in [5.41, 5.74) is 0.670. The van der Waals surface area contributed by atoms with Gasteiger partial charge in [-0.25, -0.2) is 9.79 Å². The van der Waals surface area contributed by atoms with E-state index in [1.165, 1.54) is 6.21 Å². The molecule has 0 aromatic heterocycles. The highest BCUT2D eigenvalue weighted by molar-refractivity contribution is 6.03. The summed E-state index contributed by atoms with van der Waals surface area (Å²) in [6.45, 7) is 1.67. The Morgan fingerprint density at radius 1 is 1.40 bits per heavy atom. The zero-order valence-corrected chi connectivity index (χ0v) is 8.32. The second-order valence-corrected chi connectivity index (χ2v) is 2.68. The van der Waals surface area contributed by atoms with Gasteiger partial charge in [-0.2, -0.15) is 0 Å². The van der Waals surface area contributed by atoms with Crippen molar-refractivity contribution in [1.29, 1.82) is 5.41 Å². The fourth-order valence-corrected chi connectivity index (χ4v) is 0.953. The van der Waals surface area contributed by atoms with Crippen molar-refractivity contribution in [3.05, 3.63) is 30.3 Å². The average Bonchev–Trinajstić information content (AvgIpc) is 2.19. The summed E-state index contributed by atoms with van der Waals surface area (Å²) in [6.07, 6.45) is 1.44. The molecule has 1 rings (SSSR count). The van der Waals surface area contributed by atoms with Gasteiger partial charge in [0.15, 0.2) is 0 Å². The van der Waals surface area contributed by atoms with Gasteiger partial charge in [0.1, 0.15) is 0 Å². The van der Waals surface area contributed by atoms with Crippen molar-refractivity contribution in [2.75, 3.05) is 5.32 Å². The van der Waals surface area contributed by atoms with E-state index in [2.05, 4.69) is 15.6 Å². The van der Waals surface area contributed by atoms with Crippen molar-refractivity contribution in [1.82, 2.24) is 5.32 Å². The molecule has 0 saturated carbocycles. The van der Waals surface area contributed by atoms with E-state index in [4.69, 9.17) is 5.41 Å². The van der Waals surface area contributed by atoms with Crippen LogP contribution in [-0.2, 0) is 0 Å². The maximum Gasteiger partial charge on any atom is 0.326 e. The normalized spacial score (nSPS) is 9.93. The van der Waals surface area contributed by atoms with Crippen LogP contribution in [0.1, 0.15) is 6.92 Å². The predicted octanol–water partition coefficient (Wildman–Crippen LogP) is 1.83. The third-order valence-corrected chi connectivity index (χ3v) is 1.52. The molecule has 78 valence electrons. The van der Waals surface area contributed by atoms with Crippen LogP contribution in [0.3, 0.4) is 0 Å². The molecule has 1 aromatic rings. The molecule has 0 heterocycles. The molecule has 0 radical (unpaired) electrons. The van der Waals surface area contributed by atoms with Gasteiger partial charge in [-0.1, -0.05) is 18.2 Å². The Morgan fingerprint density at radius 3 is 2.67 bits per heavy atom. The van der Waals surface area contributed by atoms with Crippen LogP contribution in [-0.4, -0.2) is 18.2 Å². The second-order valence-electron chi connectivity index (χ2n) is 2.68. The minimum atomic E-state index is -0.475. The number of carbonyl (C=O) groups excluding carboxylic acids is 1. The van der Waals surface area contributed by atoms with Crippen molar-refractivity contribution in [2.45, 2.75) is 6.92 Å². The monoisotopic (exact) mass is 204 g/mol. The van der Waals surface area contributed by atoms with Gasteiger partial charge in [-0.3, -0.25) is 10.7 Å². The molecular formula is C10H12N4O. The lowest BCUT2D eigenvalue weighted by Crippen LogP contribution is -2.32. The highest BCUT2D eigenvalue weighted by atomic mass is 16.2. The number of nitrogens with one attached hydrogen (secondary N) is 3. The van der Waals surface area contributed by atoms with Crippen LogP contribution in [0.15, 0.2) is 35.3 Å². The lowest BCUT2D eigenvalue weighted by molar-refractivity contribution is 0.256. The lowest BCUT2D eigenvalue weighted by atomic mass is 10.3. The Kier molecular flexibility index (Phi) is 4.03. The molecule has 3 N–H and O–H groups in total. The number of aliphatic imine (C=N–C) groups is 1. The van der Waals surface area contributed by atoms with E-state index in [1.807, 2.05) is 18.2 Å². The van der Waals surface area contributed by atoms with Gasteiger partial charge in [-0.05, 0) is 19.1 Å². The Labute approximate surface area is 87.7 Å². The summed E-state index contributed by atoms with van der Waals surface area (Å²) in [5.74, 6) is -0.189. The minimum Gasteiger partial charge on any atom is -0.308 e. The van der Waals surface area contributed by atoms with Crippen LogP contribution in [0.2, 0.25) is 0 Å². The van der Waals surface area contributed by atoms with E-state index in [1.54, 1.807) is 19.1 Å². The number of nitrogens with zero attached hydrogens (tertiary/aromatic N) is 1. The summed E-state index contributed by atoms with van der Waals surface area (Å²) >= 11 is 0. The van der Waals surface area contributed by atoms with E-state index < -0.39 is 6.03 Å². The molecule has 0 fully saturated rings. The van der Waals surface area contributed by atoms with E-state index in [9.17, 15) is 4.79 Å². The summed E-state index contributed by atoms with van der Waals surface area (Å²) in [7, 11) is 0. The van der Waals surface area contributed by atoms with Gasteiger partial charge >= 0.3 is 6.03 Å². The van der Waals surface area contributed by atoms with Crippen LogP contribution in [0.25, 0.3) is 0 Å². The predicted molar refractivity (Wildman–Crippen MR) is 60.5 cm³/mol. The van der Waals surface area contributed by atoms with Crippen molar-refractivity contribution in [3.63, 3.8) is 0 Å². The molecule has 0 aliphatic carbocycles. The van der Waals surface area contributed by atoms with Crippen molar-refractivity contribution >= 4 is 23.9 Å². The Balaban J connectivity index is 2.47. The molecule has 0 saturated heterocycles. The number of hydrogen-bond acceptors (Lipinski definition) is 2. The number of para-hydroxylation sites is 1. The molecule has 0 spiro atoms. The zero-order valence-electron chi connectivity index (χ0n) is 8.32. The largest absolute Gasteiger partial charge is 0.326 e. The molecule has 15 heavy (non-hydrogen) atoms. The molecule has 5 nitrogen and oxygen atoms in total. The highest BCUT2D eigenvalue weighted by Crippen LogP contribution is 2.03. The molecule has 0 bridgehead atoms. The molecule has 0 aliphatic rings. The highest BCUT2D eigenvalue weighted by Gasteiger charge is 2.01. The van der Waals surface area contributed by atoms with E-state index in [-0.39, 0.29) is 5.96 Å². The molecule has 5 heteroatoms. The van der Waals surface area contributed by atoms with Crippen molar-refractivity contribution in [3.8, 4) is 0 Å². The Bertz CT molecular complexity index is 372. The third-order valence-electron chi connectivity index (χ3n) is 1.52. The minimum absolute atomic E-state index is 0.189.